The SMILES string of the molecule is Cc1cc(O)cc2ccc(C=O)cc12. The predicted molar refractivity (Wildman–Crippen MR) is 55.7 cm³/mol. The quantitative estimate of drug-likeness (QED) is 0.695. The molecule has 0 radical (unpaired) electrons. The minimum Gasteiger partial charge on any atom is -0.508 e. The van der Waals surface area contributed by atoms with E-state index in [-0.39, 0.29) is 5.75 Å². The molecule has 0 amide bonds. The van der Waals surface area contributed by atoms with Gasteiger partial charge >= 0.3 is 0 Å². The van der Waals surface area contributed by atoms with Gasteiger partial charge in [-0.2, -0.15) is 0 Å². The molecule has 0 saturated heterocycles. The van der Waals surface area contributed by atoms with Gasteiger partial charge in [0.15, 0.2) is 0 Å². The highest BCUT2D eigenvalue weighted by Gasteiger charge is 2.00. The molecule has 0 saturated carbocycles. The number of rotatable bonds is 1. The van der Waals surface area contributed by atoms with Crippen LogP contribution in [-0.4, -0.2) is 11.4 Å². The standard InChI is InChI=1S/C12H10O2/c1-8-4-11(14)6-10-3-2-9(7-13)5-12(8)10/h2-7,14H,1H3. The first kappa shape index (κ1) is 8.75. The Morgan fingerprint density at radius 2 is 2.00 bits per heavy atom. The zero-order chi connectivity index (χ0) is 10.1. The number of hydrogen-bond donors (Lipinski definition) is 1. The van der Waals surface area contributed by atoms with Crippen molar-refractivity contribution in [2.24, 2.45) is 0 Å². The van der Waals surface area contributed by atoms with E-state index in [0.717, 1.165) is 22.6 Å². The lowest BCUT2D eigenvalue weighted by Gasteiger charge is -2.03. The summed E-state index contributed by atoms with van der Waals surface area (Å²) in [5.41, 5.74) is 1.63. The number of aromatic hydroxyl groups is 1. The first-order valence-corrected chi connectivity index (χ1v) is 4.39. The molecular weight excluding hydrogens is 176 g/mol. The average molecular weight is 186 g/mol. The van der Waals surface area contributed by atoms with Crippen LogP contribution in [0.2, 0.25) is 0 Å². The number of hydrogen-bond acceptors (Lipinski definition) is 2. The van der Waals surface area contributed by atoms with Gasteiger partial charge in [0.2, 0.25) is 0 Å². The fraction of sp³-hybridized carbons (Fsp3) is 0.0833. The molecule has 0 aromatic heterocycles. The van der Waals surface area contributed by atoms with Gasteiger partial charge in [-0.25, -0.2) is 0 Å². The van der Waals surface area contributed by atoms with Crippen LogP contribution in [0.3, 0.4) is 0 Å². The summed E-state index contributed by atoms with van der Waals surface area (Å²) in [7, 11) is 0. The van der Waals surface area contributed by atoms with E-state index in [0.29, 0.717) is 5.56 Å². The third kappa shape index (κ3) is 1.35. The largest absolute Gasteiger partial charge is 0.508 e. The van der Waals surface area contributed by atoms with Crippen LogP contribution >= 0.6 is 0 Å². The molecule has 2 nitrogen and oxygen atoms in total. The average Bonchev–Trinajstić information content (AvgIpc) is 2.17. The Balaban J connectivity index is 2.81. The molecule has 14 heavy (non-hydrogen) atoms. The van der Waals surface area contributed by atoms with Crippen molar-refractivity contribution < 1.29 is 9.90 Å². The number of benzene rings is 2. The summed E-state index contributed by atoms with van der Waals surface area (Å²) in [6.07, 6.45) is 0.825. The van der Waals surface area contributed by atoms with Crippen molar-refractivity contribution in [3.05, 3.63) is 41.5 Å². The summed E-state index contributed by atoms with van der Waals surface area (Å²) in [5.74, 6) is 0.258. The molecule has 1 N–H and O–H groups in total. The monoisotopic (exact) mass is 186 g/mol. The second-order valence-corrected chi connectivity index (χ2v) is 3.36. The number of phenolic OH excluding ortho intramolecular Hbond substituents is 1. The van der Waals surface area contributed by atoms with Gasteiger partial charge in [0.25, 0.3) is 0 Å². The van der Waals surface area contributed by atoms with Gasteiger partial charge in [-0.3, -0.25) is 4.79 Å². The zero-order valence-corrected chi connectivity index (χ0v) is 7.82. The van der Waals surface area contributed by atoms with Crippen molar-refractivity contribution in [2.75, 3.05) is 0 Å². The number of phenols is 1. The Hall–Kier alpha value is -1.83. The van der Waals surface area contributed by atoms with E-state index < -0.39 is 0 Å². The third-order valence-electron chi connectivity index (χ3n) is 2.31. The Bertz CT molecular complexity index is 501. The fourth-order valence-electron chi connectivity index (χ4n) is 1.62. The summed E-state index contributed by atoms with van der Waals surface area (Å²) in [6, 6.07) is 8.80. The lowest BCUT2D eigenvalue weighted by atomic mass is 10.0. The number of aldehydes is 1. The predicted octanol–water partition coefficient (Wildman–Crippen LogP) is 2.67. The minimum absolute atomic E-state index is 0.258. The van der Waals surface area contributed by atoms with Crippen LogP contribution in [-0.2, 0) is 0 Å². The molecule has 0 bridgehead atoms. The van der Waals surface area contributed by atoms with Gasteiger partial charge in [0.1, 0.15) is 12.0 Å². The molecular formula is C12H10O2. The van der Waals surface area contributed by atoms with Crippen LogP contribution < -0.4 is 0 Å². The van der Waals surface area contributed by atoms with E-state index in [1.807, 2.05) is 19.1 Å². The van der Waals surface area contributed by atoms with Gasteiger partial charge in [0.05, 0.1) is 0 Å². The number of fused-ring (bicyclic) bond motifs is 1. The normalized spacial score (nSPS) is 10.4. The van der Waals surface area contributed by atoms with E-state index in [1.54, 1.807) is 18.2 Å². The van der Waals surface area contributed by atoms with Crippen LogP contribution in [0.4, 0.5) is 0 Å². The van der Waals surface area contributed by atoms with E-state index in [1.165, 1.54) is 0 Å². The first-order chi connectivity index (χ1) is 6.70. The molecule has 0 aliphatic rings. The summed E-state index contributed by atoms with van der Waals surface area (Å²) in [4.78, 5) is 10.6. The van der Waals surface area contributed by atoms with Crippen molar-refractivity contribution in [3.63, 3.8) is 0 Å². The molecule has 2 heteroatoms. The topological polar surface area (TPSA) is 37.3 Å². The Labute approximate surface area is 81.8 Å². The molecule has 0 aliphatic heterocycles. The van der Waals surface area contributed by atoms with Crippen molar-refractivity contribution in [1.29, 1.82) is 0 Å². The van der Waals surface area contributed by atoms with Crippen LogP contribution in [0.5, 0.6) is 5.75 Å². The van der Waals surface area contributed by atoms with Gasteiger partial charge in [-0.15, -0.1) is 0 Å². The van der Waals surface area contributed by atoms with Crippen molar-refractivity contribution in [1.82, 2.24) is 0 Å². The lowest BCUT2D eigenvalue weighted by molar-refractivity contribution is 0.112. The Morgan fingerprint density at radius 3 is 2.71 bits per heavy atom. The maximum Gasteiger partial charge on any atom is 0.150 e. The molecule has 0 spiro atoms. The van der Waals surface area contributed by atoms with Crippen LogP contribution in [0.15, 0.2) is 30.3 Å². The van der Waals surface area contributed by atoms with Crippen molar-refractivity contribution >= 4 is 17.1 Å². The second kappa shape index (κ2) is 3.14. The highest BCUT2D eigenvalue weighted by Crippen LogP contribution is 2.24. The maximum atomic E-state index is 10.6. The lowest BCUT2D eigenvalue weighted by Crippen LogP contribution is -1.83. The molecule has 0 unspecified atom stereocenters. The molecule has 0 atom stereocenters. The molecule has 2 rings (SSSR count). The zero-order valence-electron chi connectivity index (χ0n) is 7.82. The van der Waals surface area contributed by atoms with Crippen LogP contribution in [0.25, 0.3) is 10.8 Å². The molecule has 0 aliphatic carbocycles. The van der Waals surface area contributed by atoms with Crippen molar-refractivity contribution in [2.45, 2.75) is 6.92 Å². The highest BCUT2D eigenvalue weighted by molar-refractivity contribution is 5.91. The molecule has 2 aromatic rings. The van der Waals surface area contributed by atoms with Crippen LogP contribution in [0.1, 0.15) is 15.9 Å². The molecule has 70 valence electrons. The summed E-state index contributed by atoms with van der Waals surface area (Å²) in [6.45, 7) is 1.91. The first-order valence-electron chi connectivity index (χ1n) is 4.39. The fourth-order valence-corrected chi connectivity index (χ4v) is 1.62. The van der Waals surface area contributed by atoms with Gasteiger partial charge in [0, 0.05) is 5.56 Å². The molecule has 2 aromatic carbocycles. The summed E-state index contributed by atoms with van der Waals surface area (Å²) < 4.78 is 0. The number of carbonyl (C=O) groups is 1. The van der Waals surface area contributed by atoms with Gasteiger partial charge in [-0.1, -0.05) is 12.1 Å². The molecule has 0 heterocycles. The number of carbonyl (C=O) groups excluding carboxylic acids is 1. The van der Waals surface area contributed by atoms with E-state index in [9.17, 15) is 9.90 Å². The minimum atomic E-state index is 0.258. The Morgan fingerprint density at radius 1 is 1.21 bits per heavy atom. The maximum absolute atomic E-state index is 10.6. The number of aryl methyl sites for hydroxylation is 1. The molecule has 0 fully saturated rings. The van der Waals surface area contributed by atoms with Gasteiger partial charge < -0.3 is 5.11 Å². The van der Waals surface area contributed by atoms with E-state index >= 15 is 0 Å². The Kier molecular flexibility index (Phi) is 1.97. The smallest absolute Gasteiger partial charge is 0.150 e. The second-order valence-electron chi connectivity index (χ2n) is 3.36. The third-order valence-corrected chi connectivity index (χ3v) is 2.31. The van der Waals surface area contributed by atoms with Crippen molar-refractivity contribution in [3.8, 4) is 5.75 Å². The summed E-state index contributed by atoms with van der Waals surface area (Å²) >= 11 is 0. The van der Waals surface area contributed by atoms with E-state index in [2.05, 4.69) is 0 Å². The summed E-state index contributed by atoms with van der Waals surface area (Å²) in [5, 5.41) is 11.3. The van der Waals surface area contributed by atoms with Crippen LogP contribution in [0, 0.1) is 6.92 Å². The van der Waals surface area contributed by atoms with Gasteiger partial charge in [-0.05, 0) is 41.5 Å². The van der Waals surface area contributed by atoms with E-state index in [4.69, 9.17) is 0 Å². The highest BCUT2D eigenvalue weighted by atomic mass is 16.3.